The summed E-state index contributed by atoms with van der Waals surface area (Å²) in [5, 5.41) is 0. The molecule has 2 atom stereocenters. The molecule has 1 aliphatic carbocycles. The standard InChI is InChI=1S/C24H32N2O4S/c1-17-8-11-20-12-15-22(25-31(2,28)29)23(26(20)24(17)27)16-30-21-13-9-19(10-14-21)18-6-4-3-5-7-18/h3-8,11,19,21-23,25H,9-10,12-16H2,1-2H3. The van der Waals surface area contributed by atoms with Crippen LogP contribution < -0.4 is 10.3 Å². The highest BCUT2D eigenvalue weighted by molar-refractivity contribution is 7.88. The molecule has 31 heavy (non-hydrogen) atoms. The second-order valence-electron chi connectivity index (χ2n) is 9.00. The summed E-state index contributed by atoms with van der Waals surface area (Å²) in [5.74, 6) is 0.571. The summed E-state index contributed by atoms with van der Waals surface area (Å²) >= 11 is 0. The highest BCUT2D eigenvalue weighted by atomic mass is 32.2. The molecule has 2 unspecified atom stereocenters. The van der Waals surface area contributed by atoms with Crippen molar-refractivity contribution in [3.63, 3.8) is 0 Å². The summed E-state index contributed by atoms with van der Waals surface area (Å²) in [4.78, 5) is 12.9. The van der Waals surface area contributed by atoms with Crippen molar-refractivity contribution in [1.82, 2.24) is 9.29 Å². The molecule has 0 radical (unpaired) electrons. The Hall–Kier alpha value is -1.96. The molecule has 1 aromatic carbocycles. The Morgan fingerprint density at radius 1 is 1.03 bits per heavy atom. The van der Waals surface area contributed by atoms with Gasteiger partial charge in [0.05, 0.1) is 25.0 Å². The number of nitrogens with one attached hydrogen (secondary N) is 1. The number of ether oxygens (including phenoxy) is 1. The van der Waals surface area contributed by atoms with E-state index in [1.165, 1.54) is 11.8 Å². The van der Waals surface area contributed by atoms with E-state index in [0.717, 1.165) is 31.4 Å². The number of fused-ring (bicyclic) bond motifs is 1. The molecule has 1 aromatic heterocycles. The first-order valence-corrected chi connectivity index (χ1v) is 13.1. The van der Waals surface area contributed by atoms with Gasteiger partial charge in [-0.05, 0) is 63.0 Å². The number of hydrogen-bond donors (Lipinski definition) is 1. The van der Waals surface area contributed by atoms with Gasteiger partial charge < -0.3 is 9.30 Å². The average molecular weight is 445 g/mol. The molecule has 2 aliphatic rings. The summed E-state index contributed by atoms with van der Waals surface area (Å²) in [5.41, 5.74) is 2.95. The molecule has 1 saturated carbocycles. The largest absolute Gasteiger partial charge is 0.376 e. The van der Waals surface area contributed by atoms with Crippen LogP contribution in [0.3, 0.4) is 0 Å². The van der Waals surface area contributed by atoms with E-state index >= 15 is 0 Å². The fourth-order valence-corrected chi connectivity index (χ4v) is 5.89. The van der Waals surface area contributed by atoms with Crippen LogP contribution >= 0.6 is 0 Å². The average Bonchev–Trinajstić information content (AvgIpc) is 2.75. The molecule has 0 bridgehead atoms. The Balaban J connectivity index is 1.46. The third-order valence-corrected chi connectivity index (χ3v) is 7.44. The quantitative estimate of drug-likeness (QED) is 0.742. The lowest BCUT2D eigenvalue weighted by Crippen LogP contribution is -2.49. The summed E-state index contributed by atoms with van der Waals surface area (Å²) in [6.45, 7) is 2.14. The first-order valence-electron chi connectivity index (χ1n) is 11.2. The van der Waals surface area contributed by atoms with Crippen LogP contribution in [0.4, 0.5) is 0 Å². The Labute approximate surface area is 184 Å². The molecule has 0 saturated heterocycles. The minimum absolute atomic E-state index is 0.0566. The number of rotatable bonds is 6. The second-order valence-corrected chi connectivity index (χ2v) is 10.8. The maximum absolute atomic E-state index is 12.9. The Bertz CT molecular complexity index is 1060. The van der Waals surface area contributed by atoms with Crippen LogP contribution in [-0.4, -0.2) is 38.0 Å². The van der Waals surface area contributed by atoms with E-state index < -0.39 is 10.0 Å². The van der Waals surface area contributed by atoms with Crippen LogP contribution in [0.1, 0.15) is 60.9 Å². The molecule has 1 fully saturated rings. The molecule has 0 amide bonds. The van der Waals surface area contributed by atoms with E-state index in [1.54, 1.807) is 11.5 Å². The fraction of sp³-hybridized carbons (Fsp3) is 0.542. The molecule has 6 nitrogen and oxygen atoms in total. The maximum Gasteiger partial charge on any atom is 0.254 e. The lowest BCUT2D eigenvalue weighted by molar-refractivity contribution is -0.00168. The molecule has 1 N–H and O–H groups in total. The predicted octanol–water partition coefficient (Wildman–Crippen LogP) is 3.30. The van der Waals surface area contributed by atoms with Gasteiger partial charge >= 0.3 is 0 Å². The fourth-order valence-electron chi connectivity index (χ4n) is 5.06. The summed E-state index contributed by atoms with van der Waals surface area (Å²) in [6.07, 6.45) is 6.76. The number of aromatic nitrogens is 1. The number of benzene rings is 1. The van der Waals surface area contributed by atoms with Crippen LogP contribution in [0.5, 0.6) is 0 Å². The number of hydrogen-bond acceptors (Lipinski definition) is 4. The van der Waals surface area contributed by atoms with Crippen molar-refractivity contribution < 1.29 is 13.2 Å². The number of aryl methyl sites for hydroxylation is 2. The summed E-state index contributed by atoms with van der Waals surface area (Å²) in [6, 6.07) is 13.8. The van der Waals surface area contributed by atoms with E-state index in [-0.39, 0.29) is 23.7 Å². The van der Waals surface area contributed by atoms with E-state index in [0.29, 0.717) is 30.9 Å². The Morgan fingerprint density at radius 3 is 2.42 bits per heavy atom. The zero-order valence-electron chi connectivity index (χ0n) is 18.3. The minimum atomic E-state index is -3.38. The molecular weight excluding hydrogens is 412 g/mol. The van der Waals surface area contributed by atoms with E-state index in [2.05, 4.69) is 29.0 Å². The van der Waals surface area contributed by atoms with Crippen molar-refractivity contribution in [2.24, 2.45) is 0 Å². The van der Waals surface area contributed by atoms with Crippen molar-refractivity contribution in [1.29, 1.82) is 0 Å². The Morgan fingerprint density at radius 2 is 1.74 bits per heavy atom. The van der Waals surface area contributed by atoms with Crippen LogP contribution in [0, 0.1) is 6.92 Å². The van der Waals surface area contributed by atoms with Gasteiger partial charge in [0, 0.05) is 17.3 Å². The van der Waals surface area contributed by atoms with Gasteiger partial charge in [0.1, 0.15) is 0 Å². The van der Waals surface area contributed by atoms with Gasteiger partial charge in [-0.3, -0.25) is 4.79 Å². The van der Waals surface area contributed by atoms with Crippen LogP contribution in [-0.2, 0) is 21.2 Å². The second kappa shape index (κ2) is 9.27. The first kappa shape index (κ1) is 22.2. The van der Waals surface area contributed by atoms with Crippen molar-refractivity contribution in [3.8, 4) is 0 Å². The number of sulfonamides is 1. The van der Waals surface area contributed by atoms with Gasteiger partial charge in [0.15, 0.2) is 0 Å². The lowest BCUT2D eigenvalue weighted by atomic mass is 9.83. The van der Waals surface area contributed by atoms with Crippen molar-refractivity contribution in [2.45, 2.75) is 69.6 Å². The molecule has 4 rings (SSSR count). The van der Waals surface area contributed by atoms with Crippen LogP contribution in [0.2, 0.25) is 0 Å². The Kier molecular flexibility index (Phi) is 6.65. The SMILES string of the molecule is Cc1ccc2n(c1=O)C(COC1CCC(c3ccccc3)CC1)C(NS(C)(=O)=O)CC2. The number of pyridine rings is 1. The topological polar surface area (TPSA) is 77.4 Å². The van der Waals surface area contributed by atoms with Gasteiger partial charge in [-0.25, -0.2) is 13.1 Å². The van der Waals surface area contributed by atoms with E-state index in [9.17, 15) is 13.2 Å². The predicted molar refractivity (Wildman–Crippen MR) is 122 cm³/mol. The zero-order chi connectivity index (χ0) is 22.0. The third kappa shape index (κ3) is 5.27. The van der Waals surface area contributed by atoms with Gasteiger partial charge in [-0.1, -0.05) is 36.4 Å². The molecule has 1 aliphatic heterocycles. The normalized spacial score (nSPS) is 26.4. The van der Waals surface area contributed by atoms with Crippen LogP contribution in [0.15, 0.2) is 47.3 Å². The maximum atomic E-state index is 12.9. The summed E-state index contributed by atoms with van der Waals surface area (Å²) in [7, 11) is -3.38. The van der Waals surface area contributed by atoms with E-state index in [1.807, 2.05) is 18.2 Å². The first-order chi connectivity index (χ1) is 14.8. The molecule has 0 spiro atoms. The highest BCUT2D eigenvalue weighted by Crippen LogP contribution is 2.34. The van der Waals surface area contributed by atoms with Crippen LogP contribution in [0.25, 0.3) is 0 Å². The van der Waals surface area contributed by atoms with E-state index in [4.69, 9.17) is 4.74 Å². The lowest BCUT2D eigenvalue weighted by Gasteiger charge is -2.37. The number of nitrogens with zero attached hydrogens (tertiary/aromatic N) is 1. The minimum Gasteiger partial charge on any atom is -0.376 e. The molecule has 7 heteroatoms. The molecular formula is C24H32N2O4S. The summed E-state index contributed by atoms with van der Waals surface area (Å²) < 4.78 is 34.7. The van der Waals surface area contributed by atoms with Crippen molar-refractivity contribution in [3.05, 3.63) is 69.6 Å². The van der Waals surface area contributed by atoms with Gasteiger partial charge in [0.2, 0.25) is 10.0 Å². The van der Waals surface area contributed by atoms with Gasteiger partial charge in [-0.15, -0.1) is 0 Å². The molecule has 2 aromatic rings. The zero-order valence-corrected chi connectivity index (χ0v) is 19.1. The van der Waals surface area contributed by atoms with Gasteiger partial charge in [-0.2, -0.15) is 0 Å². The van der Waals surface area contributed by atoms with Crippen molar-refractivity contribution >= 4 is 10.0 Å². The molecule has 168 valence electrons. The monoisotopic (exact) mass is 444 g/mol. The molecule has 2 heterocycles. The van der Waals surface area contributed by atoms with Crippen molar-refractivity contribution in [2.75, 3.05) is 12.9 Å². The third-order valence-electron chi connectivity index (χ3n) is 6.71. The highest BCUT2D eigenvalue weighted by Gasteiger charge is 2.33. The van der Waals surface area contributed by atoms with Gasteiger partial charge in [0.25, 0.3) is 5.56 Å². The smallest absolute Gasteiger partial charge is 0.254 e.